The van der Waals surface area contributed by atoms with Gasteiger partial charge in [-0.15, -0.1) is 11.8 Å². The predicted molar refractivity (Wildman–Crippen MR) is 72.3 cm³/mol. The third-order valence-electron chi connectivity index (χ3n) is 2.70. The molecule has 0 saturated carbocycles. The Kier molecular flexibility index (Phi) is 4.38. The topological polar surface area (TPSA) is 50.9 Å². The van der Waals surface area contributed by atoms with Gasteiger partial charge in [-0.2, -0.15) is 5.10 Å². The fraction of sp³-hybridized carbons (Fsp3) is 0.385. The van der Waals surface area contributed by atoms with Gasteiger partial charge in [0.1, 0.15) is 12.2 Å². The van der Waals surface area contributed by atoms with Crippen molar-refractivity contribution in [2.24, 2.45) is 0 Å². The smallest absolute Gasteiger partial charge is 0.138 e. The number of thioether (sulfide) groups is 1. The van der Waals surface area contributed by atoms with Gasteiger partial charge in [0.2, 0.25) is 0 Å². The van der Waals surface area contributed by atoms with E-state index in [1.807, 2.05) is 28.9 Å². The molecule has 96 valence electrons. The van der Waals surface area contributed by atoms with Crippen molar-refractivity contribution in [3.63, 3.8) is 0 Å². The maximum absolute atomic E-state index is 9.55. The van der Waals surface area contributed by atoms with E-state index in [4.69, 9.17) is 0 Å². The minimum Gasteiger partial charge on any atom is -0.389 e. The van der Waals surface area contributed by atoms with E-state index in [0.29, 0.717) is 0 Å². The standard InChI is InChI=1S/C13H17N3OS/c1-3-16-13(14-9-15-16)8-18-12-6-4-5-11(7-12)10(2)17/h4-7,9-10,17H,3,8H2,1-2H3. The first-order valence-corrected chi connectivity index (χ1v) is 6.96. The normalized spacial score (nSPS) is 12.6. The van der Waals surface area contributed by atoms with Crippen molar-refractivity contribution in [3.8, 4) is 0 Å². The predicted octanol–water partition coefficient (Wildman–Crippen LogP) is 2.64. The highest BCUT2D eigenvalue weighted by Crippen LogP contribution is 2.24. The van der Waals surface area contributed by atoms with Gasteiger partial charge in [0.05, 0.1) is 11.9 Å². The molecule has 0 aliphatic carbocycles. The van der Waals surface area contributed by atoms with Crippen molar-refractivity contribution >= 4 is 11.8 Å². The highest BCUT2D eigenvalue weighted by atomic mass is 32.2. The Morgan fingerprint density at radius 1 is 1.44 bits per heavy atom. The Morgan fingerprint density at radius 2 is 2.28 bits per heavy atom. The summed E-state index contributed by atoms with van der Waals surface area (Å²) in [5.74, 6) is 1.77. The van der Waals surface area contributed by atoms with Crippen LogP contribution in [0.5, 0.6) is 0 Å². The van der Waals surface area contributed by atoms with Crippen molar-refractivity contribution in [2.75, 3.05) is 0 Å². The van der Waals surface area contributed by atoms with Gasteiger partial charge < -0.3 is 5.11 Å². The first-order chi connectivity index (χ1) is 8.70. The number of aliphatic hydroxyl groups excluding tert-OH is 1. The molecule has 4 nitrogen and oxygen atoms in total. The maximum atomic E-state index is 9.55. The van der Waals surface area contributed by atoms with Crippen molar-refractivity contribution in [1.82, 2.24) is 14.8 Å². The summed E-state index contributed by atoms with van der Waals surface area (Å²) in [7, 11) is 0. The van der Waals surface area contributed by atoms with E-state index in [1.54, 1.807) is 25.0 Å². The minimum atomic E-state index is -0.426. The average Bonchev–Trinajstić information content (AvgIpc) is 2.84. The molecule has 1 N–H and O–H groups in total. The number of hydrogen-bond acceptors (Lipinski definition) is 4. The SMILES string of the molecule is CCn1ncnc1CSc1cccc(C(C)O)c1. The summed E-state index contributed by atoms with van der Waals surface area (Å²) in [6.07, 6.45) is 1.16. The Labute approximate surface area is 111 Å². The summed E-state index contributed by atoms with van der Waals surface area (Å²) in [6.45, 7) is 4.66. The molecule has 0 fully saturated rings. The first kappa shape index (κ1) is 13.1. The number of aromatic nitrogens is 3. The monoisotopic (exact) mass is 263 g/mol. The summed E-state index contributed by atoms with van der Waals surface area (Å²) in [5.41, 5.74) is 0.942. The highest BCUT2D eigenvalue weighted by molar-refractivity contribution is 7.98. The van der Waals surface area contributed by atoms with E-state index in [9.17, 15) is 5.11 Å². The molecule has 1 atom stereocenters. The van der Waals surface area contributed by atoms with Gasteiger partial charge in [0.15, 0.2) is 0 Å². The van der Waals surface area contributed by atoms with Crippen LogP contribution in [0.3, 0.4) is 0 Å². The quantitative estimate of drug-likeness (QED) is 0.843. The van der Waals surface area contributed by atoms with Gasteiger partial charge in [-0.1, -0.05) is 12.1 Å². The third-order valence-corrected chi connectivity index (χ3v) is 3.69. The Morgan fingerprint density at radius 3 is 3.00 bits per heavy atom. The van der Waals surface area contributed by atoms with Crippen molar-refractivity contribution in [2.45, 2.75) is 37.1 Å². The summed E-state index contributed by atoms with van der Waals surface area (Å²) < 4.78 is 1.89. The highest BCUT2D eigenvalue weighted by Gasteiger charge is 2.05. The zero-order chi connectivity index (χ0) is 13.0. The lowest BCUT2D eigenvalue weighted by Gasteiger charge is -2.07. The van der Waals surface area contributed by atoms with E-state index in [-0.39, 0.29) is 0 Å². The average molecular weight is 263 g/mol. The first-order valence-electron chi connectivity index (χ1n) is 5.98. The number of benzene rings is 1. The van der Waals surface area contributed by atoms with E-state index >= 15 is 0 Å². The van der Waals surface area contributed by atoms with Crippen molar-refractivity contribution in [1.29, 1.82) is 0 Å². The van der Waals surface area contributed by atoms with Gasteiger partial charge in [-0.05, 0) is 31.5 Å². The third kappa shape index (κ3) is 3.11. The second-order valence-electron chi connectivity index (χ2n) is 4.03. The molecule has 1 aromatic heterocycles. The van der Waals surface area contributed by atoms with Crippen LogP contribution >= 0.6 is 11.8 Å². The lowest BCUT2D eigenvalue weighted by atomic mass is 10.1. The van der Waals surface area contributed by atoms with Gasteiger partial charge in [0, 0.05) is 11.4 Å². The fourth-order valence-corrected chi connectivity index (χ4v) is 2.59. The van der Waals surface area contributed by atoms with E-state index in [2.05, 4.69) is 17.0 Å². The summed E-state index contributed by atoms with van der Waals surface area (Å²) in [4.78, 5) is 5.38. The van der Waals surface area contributed by atoms with E-state index < -0.39 is 6.10 Å². The summed E-state index contributed by atoms with van der Waals surface area (Å²) >= 11 is 1.70. The maximum Gasteiger partial charge on any atom is 0.138 e. The zero-order valence-electron chi connectivity index (χ0n) is 10.6. The number of aliphatic hydroxyl groups is 1. The van der Waals surface area contributed by atoms with Crippen LogP contribution in [0.4, 0.5) is 0 Å². The summed E-state index contributed by atoms with van der Waals surface area (Å²) in [6, 6.07) is 7.96. The molecule has 0 bridgehead atoms. The Bertz CT molecular complexity index is 510. The zero-order valence-corrected chi connectivity index (χ0v) is 11.4. The van der Waals surface area contributed by atoms with Crippen LogP contribution < -0.4 is 0 Å². The fourth-order valence-electron chi connectivity index (χ4n) is 1.68. The molecular weight excluding hydrogens is 246 g/mol. The molecule has 0 radical (unpaired) electrons. The van der Waals surface area contributed by atoms with Gasteiger partial charge in [0.25, 0.3) is 0 Å². The number of nitrogens with zero attached hydrogens (tertiary/aromatic N) is 3. The van der Waals surface area contributed by atoms with Crippen LogP contribution in [0.1, 0.15) is 31.3 Å². The molecule has 0 aliphatic rings. The molecule has 0 aliphatic heterocycles. The van der Waals surface area contributed by atoms with Crippen LogP contribution in [-0.2, 0) is 12.3 Å². The molecule has 1 unspecified atom stereocenters. The lowest BCUT2D eigenvalue weighted by molar-refractivity contribution is 0.199. The Balaban J connectivity index is 2.04. The van der Waals surface area contributed by atoms with Crippen LogP contribution in [0.15, 0.2) is 35.5 Å². The molecule has 0 amide bonds. The molecule has 1 aromatic carbocycles. The largest absolute Gasteiger partial charge is 0.389 e. The molecular formula is C13H17N3OS. The number of rotatable bonds is 5. The molecule has 5 heteroatoms. The van der Waals surface area contributed by atoms with Gasteiger partial charge in [-0.25, -0.2) is 9.67 Å². The molecule has 18 heavy (non-hydrogen) atoms. The summed E-state index contributed by atoms with van der Waals surface area (Å²) in [5, 5.41) is 13.7. The molecule has 0 spiro atoms. The molecule has 1 heterocycles. The lowest BCUT2D eigenvalue weighted by Crippen LogP contribution is -2.02. The molecule has 2 rings (SSSR count). The number of aryl methyl sites for hydroxylation is 1. The molecule has 0 saturated heterocycles. The van der Waals surface area contributed by atoms with Gasteiger partial charge in [-0.3, -0.25) is 0 Å². The Hall–Kier alpha value is -1.33. The second-order valence-corrected chi connectivity index (χ2v) is 5.08. The van der Waals surface area contributed by atoms with E-state index in [1.165, 1.54) is 0 Å². The number of hydrogen-bond donors (Lipinski definition) is 1. The van der Waals surface area contributed by atoms with Crippen LogP contribution in [0.2, 0.25) is 0 Å². The van der Waals surface area contributed by atoms with Crippen molar-refractivity contribution < 1.29 is 5.11 Å². The van der Waals surface area contributed by atoms with Crippen LogP contribution in [0.25, 0.3) is 0 Å². The minimum absolute atomic E-state index is 0.426. The van der Waals surface area contributed by atoms with Gasteiger partial charge >= 0.3 is 0 Å². The van der Waals surface area contributed by atoms with Crippen LogP contribution in [-0.4, -0.2) is 19.9 Å². The molecule has 2 aromatic rings. The van der Waals surface area contributed by atoms with E-state index in [0.717, 1.165) is 28.6 Å². The van der Waals surface area contributed by atoms with Crippen LogP contribution in [0, 0.1) is 0 Å². The van der Waals surface area contributed by atoms with Crippen molar-refractivity contribution in [3.05, 3.63) is 42.0 Å². The second kappa shape index (κ2) is 6.02.